The highest BCUT2D eigenvalue weighted by Gasteiger charge is 2.30. The predicted octanol–water partition coefficient (Wildman–Crippen LogP) is 3.18. The highest BCUT2D eigenvalue weighted by molar-refractivity contribution is 5.67. The van der Waals surface area contributed by atoms with Crippen molar-refractivity contribution in [2.45, 2.75) is 46.1 Å². The van der Waals surface area contributed by atoms with Gasteiger partial charge in [0.25, 0.3) is 0 Å². The van der Waals surface area contributed by atoms with Crippen LogP contribution in [0.15, 0.2) is 18.6 Å². The van der Waals surface area contributed by atoms with Crippen LogP contribution >= 0.6 is 0 Å². The molecule has 2 aromatic rings. The number of nitrogens with one attached hydrogen (secondary N) is 1. The number of aromatic nitrogens is 3. The summed E-state index contributed by atoms with van der Waals surface area (Å²) in [5.41, 5.74) is 0.963. The third-order valence-electron chi connectivity index (χ3n) is 4.25. The predicted molar refractivity (Wildman–Crippen MR) is 87.0 cm³/mol. The molecule has 5 nitrogen and oxygen atoms in total. The van der Waals surface area contributed by atoms with Crippen molar-refractivity contribution in [2.24, 2.45) is 5.92 Å². The first kappa shape index (κ1) is 14.2. The number of hydrogen-bond acceptors (Lipinski definition) is 4. The minimum atomic E-state index is 0.569. The van der Waals surface area contributed by atoms with Crippen LogP contribution in [0.25, 0.3) is 5.65 Å². The number of anilines is 2. The zero-order valence-electron chi connectivity index (χ0n) is 13.2. The van der Waals surface area contributed by atoms with Gasteiger partial charge in [-0.3, -0.25) is 0 Å². The Balaban J connectivity index is 2.01. The summed E-state index contributed by atoms with van der Waals surface area (Å²) < 4.78 is 2.08. The standard InChI is InChI=1S/C16H25N5/c1-4-7-17-14-11-20-10-8-18-15(20)16(19-14)21-9-5-6-13(21)12(2)3/h8,10-13,17H,4-7,9H2,1-3H3. The van der Waals surface area contributed by atoms with Gasteiger partial charge in [0.2, 0.25) is 0 Å². The van der Waals surface area contributed by atoms with Crippen molar-refractivity contribution in [1.29, 1.82) is 0 Å². The lowest BCUT2D eigenvalue weighted by molar-refractivity contribution is 0.490. The van der Waals surface area contributed by atoms with Gasteiger partial charge in [-0.2, -0.15) is 0 Å². The van der Waals surface area contributed by atoms with E-state index in [0.717, 1.165) is 36.8 Å². The van der Waals surface area contributed by atoms with Crippen molar-refractivity contribution >= 4 is 17.3 Å². The van der Waals surface area contributed by atoms with Crippen molar-refractivity contribution in [1.82, 2.24) is 14.4 Å². The molecule has 1 fully saturated rings. The van der Waals surface area contributed by atoms with Crippen molar-refractivity contribution in [3.8, 4) is 0 Å². The van der Waals surface area contributed by atoms with Crippen LogP contribution in [0.4, 0.5) is 11.6 Å². The van der Waals surface area contributed by atoms with E-state index in [9.17, 15) is 0 Å². The first-order valence-electron chi connectivity index (χ1n) is 8.05. The molecule has 0 bridgehead atoms. The van der Waals surface area contributed by atoms with Gasteiger partial charge in [0.15, 0.2) is 11.5 Å². The smallest absolute Gasteiger partial charge is 0.180 e. The normalized spacial score (nSPS) is 18.9. The van der Waals surface area contributed by atoms with Crippen molar-refractivity contribution in [3.05, 3.63) is 18.6 Å². The zero-order valence-corrected chi connectivity index (χ0v) is 13.2. The lowest BCUT2D eigenvalue weighted by Crippen LogP contribution is -2.34. The number of fused-ring (bicyclic) bond motifs is 1. The van der Waals surface area contributed by atoms with Gasteiger partial charge < -0.3 is 14.6 Å². The molecule has 0 aromatic carbocycles. The summed E-state index contributed by atoms with van der Waals surface area (Å²) in [6.45, 7) is 8.78. The Labute approximate surface area is 126 Å². The van der Waals surface area contributed by atoms with Crippen LogP contribution in [-0.4, -0.2) is 33.5 Å². The summed E-state index contributed by atoms with van der Waals surface area (Å²) in [5, 5.41) is 3.40. The summed E-state index contributed by atoms with van der Waals surface area (Å²) >= 11 is 0. The highest BCUT2D eigenvalue weighted by atomic mass is 15.3. The van der Waals surface area contributed by atoms with Crippen LogP contribution in [0, 0.1) is 5.92 Å². The Kier molecular flexibility index (Phi) is 3.99. The van der Waals surface area contributed by atoms with Crippen LogP contribution < -0.4 is 10.2 Å². The maximum Gasteiger partial charge on any atom is 0.180 e. The van der Waals surface area contributed by atoms with Gasteiger partial charge in [-0.1, -0.05) is 20.8 Å². The van der Waals surface area contributed by atoms with Gasteiger partial charge in [0, 0.05) is 31.5 Å². The molecule has 0 aliphatic carbocycles. The molecule has 0 amide bonds. The molecular formula is C16H25N5. The van der Waals surface area contributed by atoms with Crippen LogP contribution in [0.2, 0.25) is 0 Å². The molecule has 1 unspecified atom stereocenters. The minimum Gasteiger partial charge on any atom is -0.369 e. The summed E-state index contributed by atoms with van der Waals surface area (Å²) in [7, 11) is 0. The third-order valence-corrected chi connectivity index (χ3v) is 4.25. The molecule has 0 radical (unpaired) electrons. The van der Waals surface area contributed by atoms with Gasteiger partial charge in [-0.05, 0) is 25.2 Å². The Morgan fingerprint density at radius 1 is 1.43 bits per heavy atom. The number of nitrogens with zero attached hydrogens (tertiary/aromatic N) is 4. The third kappa shape index (κ3) is 2.69. The lowest BCUT2D eigenvalue weighted by Gasteiger charge is -2.29. The van der Waals surface area contributed by atoms with Gasteiger partial charge in [-0.25, -0.2) is 9.97 Å². The van der Waals surface area contributed by atoms with E-state index in [1.54, 1.807) is 0 Å². The second kappa shape index (κ2) is 5.92. The lowest BCUT2D eigenvalue weighted by atomic mass is 10.0. The van der Waals surface area contributed by atoms with Gasteiger partial charge in [-0.15, -0.1) is 0 Å². The summed E-state index contributed by atoms with van der Waals surface area (Å²) in [6.07, 6.45) is 9.46. The molecule has 114 valence electrons. The maximum absolute atomic E-state index is 4.86. The van der Waals surface area contributed by atoms with E-state index in [1.165, 1.54) is 12.8 Å². The Morgan fingerprint density at radius 2 is 2.29 bits per heavy atom. The Morgan fingerprint density at radius 3 is 3.05 bits per heavy atom. The molecule has 1 aliphatic rings. The van der Waals surface area contributed by atoms with E-state index in [2.05, 4.69) is 40.4 Å². The SMILES string of the molecule is CCCNc1cn2ccnc2c(N2CCCC2C(C)C)n1. The second-order valence-electron chi connectivity index (χ2n) is 6.18. The minimum absolute atomic E-state index is 0.569. The topological polar surface area (TPSA) is 45.5 Å². The number of imidazole rings is 1. The summed E-state index contributed by atoms with van der Waals surface area (Å²) in [4.78, 5) is 11.8. The fraction of sp³-hybridized carbons (Fsp3) is 0.625. The molecule has 3 heterocycles. The fourth-order valence-corrected chi connectivity index (χ4v) is 3.19. The zero-order chi connectivity index (χ0) is 14.8. The first-order chi connectivity index (χ1) is 10.2. The van der Waals surface area contributed by atoms with E-state index in [4.69, 9.17) is 4.98 Å². The molecule has 21 heavy (non-hydrogen) atoms. The molecule has 1 atom stereocenters. The molecule has 3 rings (SSSR count). The summed E-state index contributed by atoms with van der Waals surface area (Å²) in [6, 6.07) is 0.569. The molecular weight excluding hydrogens is 262 g/mol. The first-order valence-corrected chi connectivity index (χ1v) is 8.05. The average molecular weight is 287 g/mol. The van der Waals surface area contributed by atoms with E-state index < -0.39 is 0 Å². The van der Waals surface area contributed by atoms with Crippen molar-refractivity contribution in [2.75, 3.05) is 23.3 Å². The largest absolute Gasteiger partial charge is 0.369 e. The van der Waals surface area contributed by atoms with E-state index >= 15 is 0 Å². The van der Waals surface area contributed by atoms with E-state index in [-0.39, 0.29) is 0 Å². The van der Waals surface area contributed by atoms with E-state index in [0.29, 0.717) is 12.0 Å². The van der Waals surface area contributed by atoms with Crippen LogP contribution in [0.1, 0.15) is 40.0 Å². The van der Waals surface area contributed by atoms with Crippen molar-refractivity contribution in [3.63, 3.8) is 0 Å². The molecule has 2 aromatic heterocycles. The average Bonchev–Trinajstić information content (AvgIpc) is 3.12. The Bertz CT molecular complexity index is 604. The molecule has 1 aliphatic heterocycles. The molecule has 1 N–H and O–H groups in total. The number of hydrogen-bond donors (Lipinski definition) is 1. The highest BCUT2D eigenvalue weighted by Crippen LogP contribution is 2.31. The molecule has 0 saturated carbocycles. The molecule has 5 heteroatoms. The van der Waals surface area contributed by atoms with E-state index in [1.807, 2.05) is 18.6 Å². The molecule has 1 saturated heterocycles. The molecule has 0 spiro atoms. The maximum atomic E-state index is 4.86. The van der Waals surface area contributed by atoms with Crippen LogP contribution in [-0.2, 0) is 0 Å². The Hall–Kier alpha value is -1.78. The monoisotopic (exact) mass is 287 g/mol. The van der Waals surface area contributed by atoms with Crippen molar-refractivity contribution < 1.29 is 0 Å². The summed E-state index contributed by atoms with van der Waals surface area (Å²) in [5.74, 6) is 2.60. The van der Waals surface area contributed by atoms with Crippen LogP contribution in [0.5, 0.6) is 0 Å². The fourth-order valence-electron chi connectivity index (χ4n) is 3.19. The van der Waals surface area contributed by atoms with Gasteiger partial charge in [0.05, 0.1) is 6.20 Å². The second-order valence-corrected chi connectivity index (χ2v) is 6.18. The quantitative estimate of drug-likeness (QED) is 0.917. The van der Waals surface area contributed by atoms with Gasteiger partial charge in [0.1, 0.15) is 5.82 Å². The van der Waals surface area contributed by atoms with Crippen LogP contribution in [0.3, 0.4) is 0 Å². The number of rotatable bonds is 5. The van der Waals surface area contributed by atoms with Gasteiger partial charge >= 0.3 is 0 Å².